The molecule has 2 aromatic carbocycles. The van der Waals surface area contributed by atoms with Gasteiger partial charge in [0.15, 0.2) is 0 Å². The normalized spacial score (nSPS) is 13.1. The average Bonchev–Trinajstić information content (AvgIpc) is 3.13. The monoisotopic (exact) mass is 484 g/mol. The van der Waals surface area contributed by atoms with Gasteiger partial charge in [0.2, 0.25) is 5.91 Å². The molecule has 0 radical (unpaired) electrons. The fourth-order valence-corrected chi connectivity index (χ4v) is 4.71. The van der Waals surface area contributed by atoms with Crippen LogP contribution in [0.5, 0.6) is 0 Å². The standard InChI is InChI=1S/C26H32N2O5S/c1-17(2)18(13-24(29)27-11-12-34-16-25(30)31)14-28-26(32)33-15-23-21-9-5-3-7-19(21)20-8-4-6-10-22(20)23/h3-10,17-18,23H,11-16H2,1-2H3,(H,27,29)(H,28,32)(H,30,31). The van der Waals surface area contributed by atoms with E-state index in [1.165, 1.54) is 22.9 Å². The van der Waals surface area contributed by atoms with Gasteiger partial charge in [-0.3, -0.25) is 9.59 Å². The third-order valence-corrected chi connectivity index (χ3v) is 6.98. The topological polar surface area (TPSA) is 105 Å². The number of carboxylic acids is 1. The highest BCUT2D eigenvalue weighted by Crippen LogP contribution is 2.44. The molecule has 0 aliphatic heterocycles. The predicted octanol–water partition coefficient (Wildman–Crippen LogP) is 4.12. The Balaban J connectivity index is 1.45. The minimum absolute atomic E-state index is 0.00354. The van der Waals surface area contributed by atoms with E-state index in [1.807, 2.05) is 38.1 Å². The molecule has 1 atom stereocenters. The molecule has 0 spiro atoms. The largest absolute Gasteiger partial charge is 0.481 e. The summed E-state index contributed by atoms with van der Waals surface area (Å²) in [6.45, 7) is 5.04. The summed E-state index contributed by atoms with van der Waals surface area (Å²) in [5.74, 6) is -0.242. The Morgan fingerprint density at radius 3 is 2.21 bits per heavy atom. The summed E-state index contributed by atoms with van der Waals surface area (Å²) in [6.07, 6.45) is -0.205. The van der Waals surface area contributed by atoms with Crippen LogP contribution in [0.1, 0.15) is 37.3 Å². The number of rotatable bonds is 12. The second-order valence-corrected chi connectivity index (χ2v) is 9.82. The number of benzene rings is 2. The first kappa shape index (κ1) is 25.6. The van der Waals surface area contributed by atoms with Gasteiger partial charge in [-0.25, -0.2) is 4.79 Å². The molecule has 0 aromatic heterocycles. The Kier molecular flexibility index (Phi) is 9.39. The van der Waals surface area contributed by atoms with Crippen molar-refractivity contribution in [1.82, 2.24) is 10.6 Å². The molecule has 0 bridgehead atoms. The Bertz CT molecular complexity index is 965. The molecule has 3 N–H and O–H groups in total. The first-order valence-corrected chi connectivity index (χ1v) is 12.7. The van der Waals surface area contributed by atoms with Crippen LogP contribution in [0, 0.1) is 11.8 Å². The molecule has 34 heavy (non-hydrogen) atoms. The summed E-state index contributed by atoms with van der Waals surface area (Å²) in [4.78, 5) is 35.2. The number of hydrogen-bond acceptors (Lipinski definition) is 5. The van der Waals surface area contributed by atoms with Gasteiger partial charge in [0.25, 0.3) is 0 Å². The molecule has 0 saturated heterocycles. The van der Waals surface area contributed by atoms with Gasteiger partial charge in [0.1, 0.15) is 6.61 Å². The van der Waals surface area contributed by atoms with Gasteiger partial charge in [-0.2, -0.15) is 0 Å². The van der Waals surface area contributed by atoms with Crippen molar-refractivity contribution in [3.05, 3.63) is 59.7 Å². The number of hydrogen-bond donors (Lipinski definition) is 3. The lowest BCUT2D eigenvalue weighted by molar-refractivity contribution is -0.133. The number of carbonyl (C=O) groups is 3. The smallest absolute Gasteiger partial charge is 0.407 e. The van der Waals surface area contributed by atoms with Crippen molar-refractivity contribution in [2.24, 2.45) is 11.8 Å². The third kappa shape index (κ3) is 7.00. The average molecular weight is 485 g/mol. The van der Waals surface area contributed by atoms with E-state index < -0.39 is 12.1 Å². The molecule has 0 heterocycles. The first-order valence-electron chi connectivity index (χ1n) is 11.5. The summed E-state index contributed by atoms with van der Waals surface area (Å²) in [5.41, 5.74) is 4.68. The summed E-state index contributed by atoms with van der Waals surface area (Å²) < 4.78 is 5.58. The van der Waals surface area contributed by atoms with Crippen molar-refractivity contribution in [1.29, 1.82) is 0 Å². The number of thioether (sulfide) groups is 1. The Morgan fingerprint density at radius 2 is 1.62 bits per heavy atom. The minimum atomic E-state index is -0.865. The van der Waals surface area contributed by atoms with Crippen LogP contribution in [0.15, 0.2) is 48.5 Å². The molecule has 2 aromatic rings. The molecule has 2 amide bonds. The number of carbonyl (C=O) groups excluding carboxylic acids is 2. The van der Waals surface area contributed by atoms with Crippen LogP contribution in [0.3, 0.4) is 0 Å². The first-order chi connectivity index (χ1) is 16.4. The van der Waals surface area contributed by atoms with Crippen molar-refractivity contribution in [2.75, 3.05) is 31.2 Å². The van der Waals surface area contributed by atoms with Gasteiger partial charge in [-0.1, -0.05) is 62.4 Å². The molecule has 1 aliphatic carbocycles. The Hall–Kier alpha value is -3.00. The summed E-state index contributed by atoms with van der Waals surface area (Å²) in [6, 6.07) is 16.4. The van der Waals surface area contributed by atoms with E-state index in [4.69, 9.17) is 9.84 Å². The van der Waals surface area contributed by atoms with E-state index in [0.29, 0.717) is 18.8 Å². The predicted molar refractivity (Wildman–Crippen MR) is 134 cm³/mol. The number of ether oxygens (including phenoxy) is 1. The van der Waals surface area contributed by atoms with Crippen molar-refractivity contribution in [3.8, 4) is 11.1 Å². The highest BCUT2D eigenvalue weighted by atomic mass is 32.2. The lowest BCUT2D eigenvalue weighted by atomic mass is 9.92. The van der Waals surface area contributed by atoms with Gasteiger partial charge in [-0.15, -0.1) is 11.8 Å². The van der Waals surface area contributed by atoms with Crippen molar-refractivity contribution < 1.29 is 24.2 Å². The molecular weight excluding hydrogens is 452 g/mol. The van der Waals surface area contributed by atoms with Crippen molar-refractivity contribution in [2.45, 2.75) is 26.2 Å². The SMILES string of the molecule is CC(C)C(CNC(=O)OCC1c2ccccc2-c2ccccc21)CC(=O)NCCSCC(=O)O. The number of alkyl carbamates (subject to hydrolysis) is 1. The number of aliphatic carboxylic acids is 1. The van der Waals surface area contributed by atoms with Gasteiger partial charge in [0, 0.05) is 31.2 Å². The minimum Gasteiger partial charge on any atom is -0.481 e. The maximum absolute atomic E-state index is 12.5. The van der Waals surface area contributed by atoms with Crippen molar-refractivity contribution >= 4 is 29.7 Å². The zero-order valence-corrected chi connectivity index (χ0v) is 20.4. The van der Waals surface area contributed by atoms with E-state index in [0.717, 1.165) is 11.1 Å². The van der Waals surface area contributed by atoms with Crippen LogP contribution in [-0.2, 0) is 14.3 Å². The summed E-state index contributed by atoms with van der Waals surface area (Å²) in [7, 11) is 0. The van der Waals surface area contributed by atoms with Crippen LogP contribution in [0.25, 0.3) is 11.1 Å². The molecule has 182 valence electrons. The second-order valence-electron chi connectivity index (χ2n) is 8.71. The molecule has 3 rings (SSSR count). The molecule has 1 unspecified atom stereocenters. The van der Waals surface area contributed by atoms with Crippen LogP contribution in [0.2, 0.25) is 0 Å². The lowest BCUT2D eigenvalue weighted by Gasteiger charge is -2.21. The Morgan fingerprint density at radius 1 is 1.00 bits per heavy atom. The number of nitrogens with one attached hydrogen (secondary N) is 2. The summed E-state index contributed by atoms with van der Waals surface area (Å²) in [5, 5.41) is 14.3. The molecule has 1 aliphatic rings. The highest BCUT2D eigenvalue weighted by molar-refractivity contribution is 7.99. The van der Waals surface area contributed by atoms with Gasteiger partial charge >= 0.3 is 12.1 Å². The summed E-state index contributed by atoms with van der Waals surface area (Å²) >= 11 is 1.26. The zero-order valence-electron chi connectivity index (χ0n) is 19.6. The molecule has 7 nitrogen and oxygen atoms in total. The maximum atomic E-state index is 12.5. The van der Waals surface area contributed by atoms with Crippen LogP contribution in [-0.4, -0.2) is 54.3 Å². The van der Waals surface area contributed by atoms with E-state index in [-0.39, 0.29) is 42.4 Å². The lowest BCUT2D eigenvalue weighted by Crippen LogP contribution is -2.36. The molecule has 0 saturated carbocycles. The van der Waals surface area contributed by atoms with Crippen LogP contribution >= 0.6 is 11.8 Å². The van der Waals surface area contributed by atoms with E-state index in [9.17, 15) is 14.4 Å². The number of fused-ring (bicyclic) bond motifs is 3. The molecule has 8 heteroatoms. The second kappa shape index (κ2) is 12.5. The molecule has 0 fully saturated rings. The maximum Gasteiger partial charge on any atom is 0.407 e. The van der Waals surface area contributed by atoms with Gasteiger partial charge < -0.3 is 20.5 Å². The quantitative estimate of drug-likeness (QED) is 0.392. The number of amides is 2. The number of carboxylic acid groups (broad SMARTS) is 1. The Labute approximate surface area is 204 Å². The highest BCUT2D eigenvalue weighted by Gasteiger charge is 2.29. The fourth-order valence-electron chi connectivity index (χ4n) is 4.14. The van der Waals surface area contributed by atoms with Crippen molar-refractivity contribution in [3.63, 3.8) is 0 Å². The van der Waals surface area contributed by atoms with E-state index in [2.05, 4.69) is 34.9 Å². The van der Waals surface area contributed by atoms with Gasteiger partial charge in [-0.05, 0) is 34.1 Å². The van der Waals surface area contributed by atoms with E-state index in [1.54, 1.807) is 0 Å². The van der Waals surface area contributed by atoms with Gasteiger partial charge in [0.05, 0.1) is 5.75 Å². The zero-order chi connectivity index (χ0) is 24.5. The van der Waals surface area contributed by atoms with Crippen LogP contribution < -0.4 is 10.6 Å². The fraction of sp³-hybridized carbons (Fsp3) is 0.423. The molecular formula is C26H32N2O5S. The van der Waals surface area contributed by atoms with E-state index >= 15 is 0 Å². The van der Waals surface area contributed by atoms with Crippen LogP contribution in [0.4, 0.5) is 4.79 Å². The third-order valence-electron chi connectivity index (χ3n) is 6.04.